The Labute approximate surface area is 236 Å². The third-order valence-corrected chi connectivity index (χ3v) is 6.35. The van der Waals surface area contributed by atoms with Gasteiger partial charge in [0.25, 0.3) is 0 Å². The summed E-state index contributed by atoms with van der Waals surface area (Å²) in [6, 6.07) is -2.61. The molecule has 41 heavy (non-hydrogen) atoms. The fraction of sp³-hybridized carbons (Fsp3) is 0.760. The molecule has 1 saturated heterocycles. The van der Waals surface area contributed by atoms with E-state index in [4.69, 9.17) is 15.0 Å². The Morgan fingerprint density at radius 1 is 1.00 bits per heavy atom. The van der Waals surface area contributed by atoms with E-state index in [1.807, 2.05) is 6.92 Å². The Morgan fingerprint density at radius 2 is 1.59 bits per heavy atom. The van der Waals surface area contributed by atoms with Gasteiger partial charge < -0.3 is 41.0 Å². The van der Waals surface area contributed by atoms with Gasteiger partial charge >= 0.3 is 18.1 Å². The van der Waals surface area contributed by atoms with Gasteiger partial charge in [-0.15, -0.1) is 0 Å². The number of carbonyl (C=O) groups excluding carboxylic acids is 4. The molecule has 2 atom stereocenters. The smallest absolute Gasteiger partial charge is 0.430 e. The number of hydrogen-bond donors (Lipinski definition) is 5. The first-order valence-corrected chi connectivity index (χ1v) is 13.5. The summed E-state index contributed by atoms with van der Waals surface area (Å²) in [6.07, 6.45) is -0.0240. The number of halogens is 3. The molecule has 3 amide bonds. The number of amides is 3. The average Bonchev–Trinajstić information content (AvgIpc) is 2.89. The molecule has 0 spiro atoms. The molecule has 1 fully saturated rings. The second-order valence-electron chi connectivity index (χ2n) is 9.65. The molecule has 0 unspecified atom stereocenters. The van der Waals surface area contributed by atoms with Crippen molar-refractivity contribution in [1.29, 1.82) is 0 Å². The summed E-state index contributed by atoms with van der Waals surface area (Å²) in [6.45, 7) is 5.87. The number of carboxylic acids is 3. The minimum absolute atomic E-state index is 0.162. The molecule has 1 aliphatic heterocycles. The van der Waals surface area contributed by atoms with Gasteiger partial charge in [0.2, 0.25) is 17.7 Å². The van der Waals surface area contributed by atoms with Crippen LogP contribution in [0.15, 0.2) is 0 Å². The summed E-state index contributed by atoms with van der Waals surface area (Å²) in [5, 5.41) is 34.2. The molecule has 0 aromatic carbocycles. The zero-order chi connectivity index (χ0) is 31.6. The molecule has 0 radical (unpaired) electrons. The van der Waals surface area contributed by atoms with Crippen LogP contribution in [0.25, 0.3) is 0 Å². The highest BCUT2D eigenvalue weighted by Crippen LogP contribution is 2.17. The van der Waals surface area contributed by atoms with Gasteiger partial charge in [-0.05, 0) is 44.9 Å². The molecule has 1 aliphatic rings. The van der Waals surface area contributed by atoms with E-state index in [-0.39, 0.29) is 18.9 Å². The van der Waals surface area contributed by atoms with Gasteiger partial charge in [0.05, 0.1) is 26.1 Å². The van der Waals surface area contributed by atoms with E-state index >= 15 is 0 Å². The highest BCUT2D eigenvalue weighted by Gasteiger charge is 2.30. The fourth-order valence-electron chi connectivity index (χ4n) is 4.10. The van der Waals surface area contributed by atoms with Gasteiger partial charge in [0.15, 0.2) is 0 Å². The van der Waals surface area contributed by atoms with Crippen LogP contribution in [0, 0.1) is 5.92 Å². The van der Waals surface area contributed by atoms with Crippen molar-refractivity contribution in [3.8, 4) is 0 Å². The molecule has 236 valence electrons. The number of likely N-dealkylation sites (N-methyl/N-ethyl adjacent to an activating group) is 1. The Hall–Kier alpha value is -3.43. The Balaban J connectivity index is 0.00000201. The number of alkyl halides is 3. The van der Waals surface area contributed by atoms with Crippen LogP contribution >= 0.6 is 0 Å². The first kappa shape index (κ1) is 37.6. The summed E-state index contributed by atoms with van der Waals surface area (Å²) in [5.74, 6) is -6.62. The molecular formula is C25H41F3N4O9. The molecule has 0 aliphatic carbocycles. The highest BCUT2D eigenvalue weighted by molar-refractivity contribution is 5.94. The number of carboxylic acid groups (broad SMARTS) is 3. The van der Waals surface area contributed by atoms with Crippen LogP contribution in [0.2, 0.25) is 0 Å². The van der Waals surface area contributed by atoms with Crippen LogP contribution in [0.1, 0.15) is 71.6 Å². The van der Waals surface area contributed by atoms with Crippen LogP contribution in [0.5, 0.6) is 0 Å². The quantitative estimate of drug-likeness (QED) is 0.147. The van der Waals surface area contributed by atoms with Gasteiger partial charge in [-0.2, -0.15) is 13.2 Å². The lowest BCUT2D eigenvalue weighted by atomic mass is 9.92. The predicted molar refractivity (Wildman–Crippen MR) is 135 cm³/mol. The predicted octanol–water partition coefficient (Wildman–Crippen LogP) is -1.00. The van der Waals surface area contributed by atoms with E-state index in [1.165, 1.54) is 4.90 Å². The molecule has 6 N–H and O–H groups in total. The number of quaternary nitrogens is 1. The molecule has 0 aromatic heterocycles. The van der Waals surface area contributed by atoms with Crippen molar-refractivity contribution >= 4 is 35.6 Å². The lowest BCUT2D eigenvalue weighted by molar-refractivity contribution is -0.664. The maximum atomic E-state index is 12.6. The van der Waals surface area contributed by atoms with Crippen molar-refractivity contribution in [3.63, 3.8) is 0 Å². The van der Waals surface area contributed by atoms with E-state index < -0.39 is 54.4 Å². The van der Waals surface area contributed by atoms with Crippen LogP contribution in [0.4, 0.5) is 13.2 Å². The Morgan fingerprint density at radius 3 is 2.05 bits per heavy atom. The third kappa shape index (κ3) is 17.1. The van der Waals surface area contributed by atoms with E-state index in [1.54, 1.807) is 6.92 Å². The summed E-state index contributed by atoms with van der Waals surface area (Å²) >= 11 is 0. The topological polar surface area (TPSA) is 210 Å². The van der Waals surface area contributed by atoms with E-state index in [2.05, 4.69) is 16.0 Å². The normalized spacial score (nSPS) is 15.0. The maximum absolute atomic E-state index is 12.6. The lowest BCUT2D eigenvalue weighted by Gasteiger charge is -2.24. The monoisotopic (exact) mass is 598 g/mol. The Kier molecular flexibility index (Phi) is 18.0. The van der Waals surface area contributed by atoms with Crippen molar-refractivity contribution in [3.05, 3.63) is 0 Å². The van der Waals surface area contributed by atoms with E-state index in [9.17, 15) is 42.3 Å². The second-order valence-corrected chi connectivity index (χ2v) is 9.65. The number of nitrogens with zero attached hydrogens (tertiary/aromatic N) is 1. The lowest BCUT2D eigenvalue weighted by Crippen LogP contribution is -2.86. The molecule has 0 aromatic rings. The zero-order valence-electron chi connectivity index (χ0n) is 23.3. The van der Waals surface area contributed by atoms with Crippen molar-refractivity contribution in [2.45, 2.75) is 89.9 Å². The average molecular weight is 599 g/mol. The minimum Gasteiger partial charge on any atom is -0.542 e. The van der Waals surface area contributed by atoms with Gasteiger partial charge in [0.1, 0.15) is 18.1 Å². The molecule has 1 heterocycles. The SMILES string of the molecule is CCCC[C@H](NC(=O)[C@H](CC(=O)O)NC(=O)CN(CC)C(=O)CCCC1CC[NH2+]CC1)C(=O)O.O=C([O-])C(F)(F)F. The standard InChI is InChI=1S/C23H40N4O7.C2HF3O2/c1-3-5-8-17(23(33)34)26-22(32)18(14-21(30)31)25-19(28)15-27(4-2)20(29)9-6-7-16-10-12-24-13-11-16;3-2(4,5)1(6)7/h16-18,24H,3-15H2,1-2H3,(H,25,28)(H,26,32)(H,30,31)(H,33,34);(H,6,7)/t17-,18-;/m0./s1. The zero-order valence-corrected chi connectivity index (χ0v) is 23.3. The van der Waals surface area contributed by atoms with Crippen LogP contribution in [0.3, 0.4) is 0 Å². The first-order chi connectivity index (χ1) is 19.1. The first-order valence-electron chi connectivity index (χ1n) is 13.5. The molecule has 13 nitrogen and oxygen atoms in total. The van der Waals surface area contributed by atoms with Crippen LogP contribution in [-0.2, 0) is 28.8 Å². The Bertz CT molecular complexity index is 881. The van der Waals surface area contributed by atoms with Gasteiger partial charge in [-0.3, -0.25) is 19.2 Å². The second kappa shape index (κ2) is 19.6. The molecule has 0 bridgehead atoms. The number of carbonyl (C=O) groups is 6. The molecule has 1 rings (SSSR count). The van der Waals surface area contributed by atoms with E-state index in [0.717, 1.165) is 45.2 Å². The number of hydrogen-bond acceptors (Lipinski definition) is 7. The van der Waals surface area contributed by atoms with Crippen molar-refractivity contribution < 1.29 is 62.6 Å². The number of nitrogens with two attached hydrogens (primary N) is 1. The van der Waals surface area contributed by atoms with Crippen molar-refractivity contribution in [1.82, 2.24) is 15.5 Å². The van der Waals surface area contributed by atoms with Gasteiger partial charge in [0, 0.05) is 13.0 Å². The maximum Gasteiger partial charge on any atom is 0.430 e. The largest absolute Gasteiger partial charge is 0.542 e. The van der Waals surface area contributed by atoms with Crippen LogP contribution < -0.4 is 21.1 Å². The van der Waals surface area contributed by atoms with Crippen molar-refractivity contribution in [2.24, 2.45) is 5.92 Å². The number of unbranched alkanes of at least 4 members (excludes halogenated alkanes) is 1. The molecular weight excluding hydrogens is 557 g/mol. The number of aliphatic carboxylic acids is 3. The number of piperidine rings is 1. The summed E-state index contributed by atoms with van der Waals surface area (Å²) in [4.78, 5) is 70.4. The van der Waals surface area contributed by atoms with Crippen LogP contribution in [-0.4, -0.2) is 95.2 Å². The van der Waals surface area contributed by atoms with Crippen molar-refractivity contribution in [2.75, 3.05) is 26.2 Å². The molecule has 0 saturated carbocycles. The fourth-order valence-corrected chi connectivity index (χ4v) is 4.10. The van der Waals surface area contributed by atoms with E-state index in [0.29, 0.717) is 25.3 Å². The highest BCUT2D eigenvalue weighted by atomic mass is 19.4. The summed E-state index contributed by atoms with van der Waals surface area (Å²) in [5.41, 5.74) is 0. The number of nitrogens with one attached hydrogen (secondary N) is 2. The summed E-state index contributed by atoms with van der Waals surface area (Å²) < 4.78 is 31.5. The van der Waals surface area contributed by atoms with Gasteiger partial charge in [-0.1, -0.05) is 19.8 Å². The van der Waals surface area contributed by atoms with Gasteiger partial charge in [-0.25, -0.2) is 4.79 Å². The minimum atomic E-state index is -5.19. The number of rotatable bonds is 16. The summed E-state index contributed by atoms with van der Waals surface area (Å²) in [7, 11) is 0. The third-order valence-electron chi connectivity index (χ3n) is 6.35. The molecule has 16 heteroatoms.